The predicted molar refractivity (Wildman–Crippen MR) is 81.2 cm³/mol. The van der Waals surface area contributed by atoms with E-state index in [1.54, 1.807) is 42.5 Å². The summed E-state index contributed by atoms with van der Waals surface area (Å²) >= 11 is 0. The Morgan fingerprint density at radius 3 is 2.32 bits per heavy atom. The fourth-order valence-electron chi connectivity index (χ4n) is 1.84. The van der Waals surface area contributed by atoms with Crippen LogP contribution in [0.15, 0.2) is 59.5 Å². The summed E-state index contributed by atoms with van der Waals surface area (Å²) in [5.41, 5.74) is 0.500. The molecule has 2 rings (SSSR count). The Balaban J connectivity index is 1.92. The van der Waals surface area contributed by atoms with Gasteiger partial charge < -0.3 is 9.84 Å². The lowest BCUT2D eigenvalue weighted by Gasteiger charge is -2.13. The summed E-state index contributed by atoms with van der Waals surface area (Å²) in [6.07, 6.45) is -1.14. The summed E-state index contributed by atoms with van der Waals surface area (Å²) < 4.78 is 29.5. The van der Waals surface area contributed by atoms with E-state index in [9.17, 15) is 13.5 Å². The molecule has 0 aliphatic rings. The monoisotopic (exact) mass is 317 g/mol. The van der Waals surface area contributed by atoms with E-state index in [1.807, 2.05) is 6.07 Å². The Morgan fingerprint density at radius 1 is 1.09 bits per heavy atom. The fraction of sp³-hybridized carbons (Fsp3) is 0.188. The molecule has 0 heterocycles. The minimum Gasteiger partial charge on any atom is -0.491 e. The number of sulfone groups is 1. The van der Waals surface area contributed by atoms with Gasteiger partial charge in [0.15, 0.2) is 9.84 Å². The Kier molecular flexibility index (Phi) is 5.15. The van der Waals surface area contributed by atoms with E-state index in [1.165, 1.54) is 12.1 Å². The van der Waals surface area contributed by atoms with Gasteiger partial charge in [0.25, 0.3) is 0 Å². The second-order valence-corrected chi connectivity index (χ2v) is 6.73. The third-order valence-electron chi connectivity index (χ3n) is 2.94. The highest BCUT2D eigenvalue weighted by molar-refractivity contribution is 7.91. The van der Waals surface area contributed by atoms with E-state index in [-0.39, 0.29) is 11.5 Å². The van der Waals surface area contributed by atoms with Crippen LogP contribution < -0.4 is 4.74 Å². The molecule has 1 atom stereocenters. The van der Waals surface area contributed by atoms with Gasteiger partial charge in [0.05, 0.1) is 22.3 Å². The number of hydrogen-bond donors (Lipinski definition) is 1. The van der Waals surface area contributed by atoms with Gasteiger partial charge in [0.1, 0.15) is 18.5 Å². The predicted octanol–water partition coefficient (Wildman–Crippen LogP) is 1.77. The molecular weight excluding hydrogens is 302 g/mol. The molecule has 0 aromatic heterocycles. The summed E-state index contributed by atoms with van der Waals surface area (Å²) in [6, 6.07) is 16.3. The van der Waals surface area contributed by atoms with Crippen molar-refractivity contribution in [1.29, 1.82) is 5.26 Å². The average molecular weight is 317 g/mol. The molecule has 0 saturated heterocycles. The van der Waals surface area contributed by atoms with Crippen LogP contribution in [0.25, 0.3) is 0 Å². The van der Waals surface area contributed by atoms with Gasteiger partial charge in [-0.1, -0.05) is 18.2 Å². The number of rotatable bonds is 6. The molecule has 2 aromatic rings. The molecular formula is C16H15NO4S. The van der Waals surface area contributed by atoms with Gasteiger partial charge in [-0.15, -0.1) is 0 Å². The first-order valence-corrected chi connectivity index (χ1v) is 8.25. The minimum atomic E-state index is -3.55. The standard InChI is InChI=1S/C16H15NO4S/c17-10-13-6-8-15(9-7-13)21-11-14(18)12-22(19,20)16-4-2-1-3-5-16/h1-9,14,18H,11-12H2/t14-/m0/s1. The highest BCUT2D eigenvalue weighted by atomic mass is 32.2. The van der Waals surface area contributed by atoms with Crippen LogP contribution in [-0.4, -0.2) is 32.0 Å². The molecule has 0 amide bonds. The highest BCUT2D eigenvalue weighted by Gasteiger charge is 2.19. The molecule has 0 unspecified atom stereocenters. The normalized spacial score (nSPS) is 12.4. The van der Waals surface area contributed by atoms with Crippen molar-refractivity contribution in [2.24, 2.45) is 0 Å². The van der Waals surface area contributed by atoms with Crippen molar-refractivity contribution in [3.63, 3.8) is 0 Å². The second kappa shape index (κ2) is 7.07. The first kappa shape index (κ1) is 16.0. The van der Waals surface area contributed by atoms with Gasteiger partial charge in [-0.3, -0.25) is 0 Å². The number of aliphatic hydroxyl groups excluding tert-OH is 1. The zero-order valence-corrected chi connectivity index (χ0v) is 12.5. The van der Waals surface area contributed by atoms with E-state index in [0.717, 1.165) is 0 Å². The van der Waals surface area contributed by atoms with Gasteiger partial charge >= 0.3 is 0 Å². The van der Waals surface area contributed by atoms with Crippen molar-refractivity contribution >= 4 is 9.84 Å². The lowest BCUT2D eigenvalue weighted by atomic mass is 10.2. The summed E-state index contributed by atoms with van der Waals surface area (Å²) in [7, 11) is -3.55. The zero-order valence-electron chi connectivity index (χ0n) is 11.7. The molecule has 0 radical (unpaired) electrons. The van der Waals surface area contributed by atoms with Gasteiger partial charge in [0.2, 0.25) is 0 Å². The number of hydrogen-bond acceptors (Lipinski definition) is 5. The Hall–Kier alpha value is -2.36. The van der Waals surface area contributed by atoms with E-state index < -0.39 is 21.7 Å². The van der Waals surface area contributed by atoms with Crippen LogP contribution in [0, 0.1) is 11.3 Å². The quantitative estimate of drug-likeness (QED) is 0.877. The van der Waals surface area contributed by atoms with Crippen molar-refractivity contribution in [3.8, 4) is 11.8 Å². The van der Waals surface area contributed by atoms with Crippen LogP contribution in [0.4, 0.5) is 0 Å². The van der Waals surface area contributed by atoms with Gasteiger partial charge in [-0.25, -0.2) is 8.42 Å². The molecule has 1 N–H and O–H groups in total. The molecule has 5 nitrogen and oxygen atoms in total. The molecule has 0 aliphatic heterocycles. The van der Waals surface area contributed by atoms with Crippen LogP contribution in [0.2, 0.25) is 0 Å². The average Bonchev–Trinajstić information content (AvgIpc) is 2.54. The topological polar surface area (TPSA) is 87.4 Å². The maximum absolute atomic E-state index is 12.1. The number of aliphatic hydroxyl groups is 1. The maximum Gasteiger partial charge on any atom is 0.181 e. The Bertz CT molecular complexity index is 749. The Labute approximate surface area is 129 Å². The van der Waals surface area contributed by atoms with E-state index in [2.05, 4.69) is 0 Å². The van der Waals surface area contributed by atoms with Crippen molar-refractivity contribution in [2.45, 2.75) is 11.0 Å². The summed E-state index contributed by atoms with van der Waals surface area (Å²) in [5.74, 6) is 0.0583. The van der Waals surface area contributed by atoms with Gasteiger partial charge in [-0.2, -0.15) is 5.26 Å². The number of nitriles is 1. The first-order chi connectivity index (χ1) is 10.5. The molecule has 0 spiro atoms. The number of benzene rings is 2. The lowest BCUT2D eigenvalue weighted by Crippen LogP contribution is -2.27. The van der Waals surface area contributed by atoms with Crippen molar-refractivity contribution in [3.05, 3.63) is 60.2 Å². The first-order valence-electron chi connectivity index (χ1n) is 6.60. The van der Waals surface area contributed by atoms with E-state index in [4.69, 9.17) is 10.00 Å². The molecule has 0 bridgehead atoms. The van der Waals surface area contributed by atoms with E-state index in [0.29, 0.717) is 11.3 Å². The third kappa shape index (κ3) is 4.32. The summed E-state index contributed by atoms with van der Waals surface area (Å²) in [4.78, 5) is 0.174. The second-order valence-electron chi connectivity index (χ2n) is 4.70. The van der Waals surface area contributed by atoms with Crippen LogP contribution in [0.3, 0.4) is 0 Å². The van der Waals surface area contributed by atoms with Crippen LogP contribution >= 0.6 is 0 Å². The molecule has 0 fully saturated rings. The van der Waals surface area contributed by atoms with Crippen LogP contribution in [-0.2, 0) is 9.84 Å². The van der Waals surface area contributed by atoms with Crippen molar-refractivity contribution < 1.29 is 18.3 Å². The summed E-state index contributed by atoms with van der Waals surface area (Å²) in [5, 5.41) is 18.5. The number of nitrogens with zero attached hydrogens (tertiary/aromatic N) is 1. The smallest absolute Gasteiger partial charge is 0.181 e. The van der Waals surface area contributed by atoms with Crippen LogP contribution in [0.1, 0.15) is 5.56 Å². The third-order valence-corrected chi connectivity index (χ3v) is 4.75. The maximum atomic E-state index is 12.1. The fourth-order valence-corrected chi connectivity index (χ4v) is 3.21. The zero-order chi connectivity index (χ0) is 16.0. The van der Waals surface area contributed by atoms with Gasteiger partial charge in [0, 0.05) is 0 Å². The molecule has 2 aromatic carbocycles. The SMILES string of the molecule is N#Cc1ccc(OC[C@H](O)CS(=O)(=O)c2ccccc2)cc1. The largest absolute Gasteiger partial charge is 0.491 e. The van der Waals surface area contributed by atoms with Crippen molar-refractivity contribution in [1.82, 2.24) is 0 Å². The summed E-state index contributed by atoms with van der Waals surface area (Å²) in [6.45, 7) is -0.141. The molecule has 6 heteroatoms. The van der Waals surface area contributed by atoms with Gasteiger partial charge in [-0.05, 0) is 36.4 Å². The van der Waals surface area contributed by atoms with E-state index >= 15 is 0 Å². The highest BCUT2D eigenvalue weighted by Crippen LogP contribution is 2.14. The lowest BCUT2D eigenvalue weighted by molar-refractivity contribution is 0.125. The van der Waals surface area contributed by atoms with Crippen molar-refractivity contribution in [2.75, 3.05) is 12.4 Å². The minimum absolute atomic E-state index is 0.141. The molecule has 114 valence electrons. The number of ether oxygens (including phenoxy) is 1. The molecule has 0 saturated carbocycles. The molecule has 0 aliphatic carbocycles. The van der Waals surface area contributed by atoms with Crippen LogP contribution in [0.5, 0.6) is 5.75 Å². The molecule has 22 heavy (non-hydrogen) atoms. The Morgan fingerprint density at radius 2 is 1.73 bits per heavy atom.